The normalized spacial score (nSPS) is 12.1. The van der Waals surface area contributed by atoms with E-state index >= 15 is 0 Å². The van der Waals surface area contributed by atoms with Crippen molar-refractivity contribution in [3.05, 3.63) is 64.6 Å². The molecular formula is C18H21N3O4S. The van der Waals surface area contributed by atoms with Crippen molar-refractivity contribution in [2.45, 2.75) is 17.9 Å². The van der Waals surface area contributed by atoms with E-state index in [1.54, 1.807) is 0 Å². The van der Waals surface area contributed by atoms with Gasteiger partial charge in [-0.25, -0.2) is 17.9 Å². The Labute approximate surface area is 151 Å². The van der Waals surface area contributed by atoms with Gasteiger partial charge in [0.25, 0.3) is 0 Å². The van der Waals surface area contributed by atoms with Crippen molar-refractivity contribution in [2.24, 2.45) is 0 Å². The quantitative estimate of drug-likeness (QED) is 0.587. The molecule has 2 N–H and O–H groups in total. The Balaban J connectivity index is 1.52. The van der Waals surface area contributed by atoms with Crippen LogP contribution in [0.15, 0.2) is 62.6 Å². The van der Waals surface area contributed by atoms with Crippen LogP contribution in [-0.4, -0.2) is 38.4 Å². The van der Waals surface area contributed by atoms with Crippen LogP contribution in [-0.2, 0) is 16.6 Å². The molecule has 0 radical (unpaired) electrons. The van der Waals surface area contributed by atoms with E-state index in [0.29, 0.717) is 18.5 Å². The molecule has 26 heavy (non-hydrogen) atoms. The first kappa shape index (κ1) is 18.4. The fourth-order valence-electron chi connectivity index (χ4n) is 2.71. The molecule has 0 aliphatic carbocycles. The van der Waals surface area contributed by atoms with Gasteiger partial charge < -0.3 is 9.32 Å². The van der Waals surface area contributed by atoms with Crippen LogP contribution in [0, 0.1) is 0 Å². The van der Waals surface area contributed by atoms with E-state index in [1.165, 1.54) is 23.8 Å². The SMILES string of the molecule is CN(CCCNS(=O)(=O)c1ccc2[nH]c(=O)oc2c1)Cc1ccccc1. The summed E-state index contributed by atoms with van der Waals surface area (Å²) in [4.78, 5) is 15.9. The standard InChI is InChI=1S/C18H21N3O4S/c1-21(13-14-6-3-2-4-7-14)11-5-10-19-26(23,24)15-8-9-16-17(12-15)25-18(22)20-16/h2-4,6-9,12,19H,5,10-11,13H2,1H3,(H,20,22). The van der Waals surface area contributed by atoms with Crippen LogP contribution < -0.4 is 10.5 Å². The lowest BCUT2D eigenvalue weighted by Gasteiger charge is -2.16. The number of nitrogens with one attached hydrogen (secondary N) is 2. The van der Waals surface area contributed by atoms with Gasteiger partial charge in [-0.1, -0.05) is 30.3 Å². The van der Waals surface area contributed by atoms with Crippen molar-refractivity contribution in [3.63, 3.8) is 0 Å². The largest absolute Gasteiger partial charge is 0.417 e. The average Bonchev–Trinajstić information content (AvgIpc) is 2.99. The van der Waals surface area contributed by atoms with Crippen molar-refractivity contribution >= 4 is 21.1 Å². The van der Waals surface area contributed by atoms with Gasteiger partial charge in [0.05, 0.1) is 10.4 Å². The number of aromatic nitrogens is 1. The monoisotopic (exact) mass is 375 g/mol. The topological polar surface area (TPSA) is 95.4 Å². The number of rotatable bonds is 8. The second-order valence-corrected chi connectivity index (χ2v) is 7.91. The third kappa shape index (κ3) is 4.60. The summed E-state index contributed by atoms with van der Waals surface area (Å²) in [6.45, 7) is 1.91. The molecule has 0 amide bonds. The number of benzene rings is 2. The Morgan fingerprint density at radius 1 is 1.15 bits per heavy atom. The van der Waals surface area contributed by atoms with Gasteiger partial charge in [-0.15, -0.1) is 0 Å². The highest BCUT2D eigenvalue weighted by Crippen LogP contribution is 2.16. The van der Waals surface area contributed by atoms with Gasteiger partial charge in [-0.2, -0.15) is 0 Å². The van der Waals surface area contributed by atoms with Crippen LogP contribution in [0.25, 0.3) is 11.1 Å². The zero-order valence-electron chi connectivity index (χ0n) is 14.4. The van der Waals surface area contributed by atoms with E-state index in [2.05, 4.69) is 26.7 Å². The minimum atomic E-state index is -3.64. The molecule has 1 heterocycles. The summed E-state index contributed by atoms with van der Waals surface area (Å²) >= 11 is 0. The Bertz CT molecular complexity index is 1030. The molecule has 138 valence electrons. The van der Waals surface area contributed by atoms with E-state index in [1.807, 2.05) is 25.2 Å². The van der Waals surface area contributed by atoms with Crippen LogP contribution in [0.5, 0.6) is 0 Å². The number of fused-ring (bicyclic) bond motifs is 1. The van der Waals surface area contributed by atoms with Crippen molar-refractivity contribution in [1.82, 2.24) is 14.6 Å². The minimum Gasteiger partial charge on any atom is -0.408 e. The van der Waals surface area contributed by atoms with Gasteiger partial charge >= 0.3 is 5.76 Å². The van der Waals surface area contributed by atoms with Crippen molar-refractivity contribution in [3.8, 4) is 0 Å². The number of aromatic amines is 1. The lowest BCUT2D eigenvalue weighted by atomic mass is 10.2. The Morgan fingerprint density at radius 2 is 1.92 bits per heavy atom. The summed E-state index contributed by atoms with van der Waals surface area (Å²) in [7, 11) is -1.64. The van der Waals surface area contributed by atoms with Crippen LogP contribution >= 0.6 is 0 Å². The second-order valence-electron chi connectivity index (χ2n) is 6.15. The van der Waals surface area contributed by atoms with Crippen LogP contribution in [0.1, 0.15) is 12.0 Å². The summed E-state index contributed by atoms with van der Waals surface area (Å²) < 4.78 is 32.2. The van der Waals surface area contributed by atoms with Gasteiger partial charge in [0.2, 0.25) is 10.0 Å². The molecule has 7 nitrogen and oxygen atoms in total. The summed E-state index contributed by atoms with van der Waals surface area (Å²) in [5.74, 6) is -0.607. The molecule has 0 fully saturated rings. The molecule has 0 unspecified atom stereocenters. The average molecular weight is 375 g/mol. The van der Waals surface area contributed by atoms with Gasteiger partial charge in [0, 0.05) is 19.2 Å². The first-order chi connectivity index (χ1) is 12.4. The molecule has 8 heteroatoms. The molecular weight excluding hydrogens is 354 g/mol. The zero-order valence-corrected chi connectivity index (χ0v) is 15.3. The van der Waals surface area contributed by atoms with Crippen LogP contribution in [0.3, 0.4) is 0 Å². The molecule has 0 spiro atoms. The first-order valence-corrected chi connectivity index (χ1v) is 9.77. The van der Waals surface area contributed by atoms with Gasteiger partial charge in [-0.05, 0) is 37.7 Å². The van der Waals surface area contributed by atoms with Crippen molar-refractivity contribution in [2.75, 3.05) is 20.1 Å². The molecule has 0 atom stereocenters. The third-order valence-corrected chi connectivity index (χ3v) is 5.47. The second kappa shape index (κ2) is 7.86. The summed E-state index contributed by atoms with van der Waals surface area (Å²) in [5, 5.41) is 0. The van der Waals surface area contributed by atoms with E-state index in [4.69, 9.17) is 4.42 Å². The molecule has 1 aromatic heterocycles. The molecule has 3 rings (SSSR count). The summed E-state index contributed by atoms with van der Waals surface area (Å²) in [6, 6.07) is 14.4. The maximum atomic E-state index is 12.4. The van der Waals surface area contributed by atoms with Gasteiger partial charge in [0.1, 0.15) is 0 Å². The minimum absolute atomic E-state index is 0.0744. The molecule has 0 aliphatic heterocycles. The fourth-order valence-corrected chi connectivity index (χ4v) is 3.79. The van der Waals surface area contributed by atoms with Crippen molar-refractivity contribution < 1.29 is 12.8 Å². The summed E-state index contributed by atoms with van der Waals surface area (Å²) in [6.07, 6.45) is 0.685. The maximum Gasteiger partial charge on any atom is 0.417 e. The van der Waals surface area contributed by atoms with E-state index in [0.717, 1.165) is 13.1 Å². The molecule has 2 aromatic carbocycles. The number of oxazole rings is 1. The fraction of sp³-hybridized carbons (Fsp3) is 0.278. The number of sulfonamides is 1. The Kier molecular flexibility index (Phi) is 5.55. The molecule has 0 saturated heterocycles. The number of nitrogens with zero attached hydrogens (tertiary/aromatic N) is 1. The number of hydrogen-bond acceptors (Lipinski definition) is 5. The highest BCUT2D eigenvalue weighted by Gasteiger charge is 2.15. The smallest absolute Gasteiger partial charge is 0.408 e. The zero-order chi connectivity index (χ0) is 18.6. The predicted molar refractivity (Wildman–Crippen MR) is 99.4 cm³/mol. The Hall–Kier alpha value is -2.42. The maximum absolute atomic E-state index is 12.4. The van der Waals surface area contributed by atoms with Crippen LogP contribution in [0.4, 0.5) is 0 Å². The number of hydrogen-bond donors (Lipinski definition) is 2. The van der Waals surface area contributed by atoms with E-state index < -0.39 is 15.8 Å². The molecule has 0 bridgehead atoms. The van der Waals surface area contributed by atoms with Crippen LogP contribution in [0.2, 0.25) is 0 Å². The molecule has 0 aliphatic rings. The van der Waals surface area contributed by atoms with Gasteiger partial charge in [-0.3, -0.25) is 4.98 Å². The van der Waals surface area contributed by atoms with Gasteiger partial charge in [0.15, 0.2) is 5.58 Å². The van der Waals surface area contributed by atoms with Crippen molar-refractivity contribution in [1.29, 1.82) is 0 Å². The van der Waals surface area contributed by atoms with E-state index in [-0.39, 0.29) is 10.5 Å². The highest BCUT2D eigenvalue weighted by molar-refractivity contribution is 7.89. The highest BCUT2D eigenvalue weighted by atomic mass is 32.2. The molecule has 0 saturated carbocycles. The number of H-pyrrole nitrogens is 1. The Morgan fingerprint density at radius 3 is 2.69 bits per heavy atom. The third-order valence-electron chi connectivity index (χ3n) is 4.01. The summed E-state index contributed by atoms with van der Waals surface area (Å²) in [5.41, 5.74) is 1.91. The lowest BCUT2D eigenvalue weighted by Crippen LogP contribution is -2.28. The van der Waals surface area contributed by atoms with E-state index in [9.17, 15) is 13.2 Å². The predicted octanol–water partition coefficient (Wildman–Crippen LogP) is 1.92. The molecule has 3 aromatic rings. The first-order valence-electron chi connectivity index (χ1n) is 8.29. The lowest BCUT2D eigenvalue weighted by molar-refractivity contribution is 0.322.